The van der Waals surface area contributed by atoms with Crippen LogP contribution in [0, 0.1) is 18.3 Å². The maximum Gasteiger partial charge on any atom is 0.208 e. The lowest BCUT2D eigenvalue weighted by atomic mass is 9.71. The summed E-state index contributed by atoms with van der Waals surface area (Å²) in [4.78, 5) is 4.23. The molecule has 1 aliphatic carbocycles. The average molecular weight is 250 g/mol. The highest BCUT2D eigenvalue weighted by Crippen LogP contribution is 2.37. The van der Waals surface area contributed by atoms with Gasteiger partial charge in [0.1, 0.15) is 5.76 Å². The van der Waals surface area contributed by atoms with Crippen molar-refractivity contribution in [3.05, 3.63) is 17.8 Å². The van der Waals surface area contributed by atoms with Crippen LogP contribution in [0.5, 0.6) is 0 Å². The van der Waals surface area contributed by atoms with Crippen molar-refractivity contribution in [2.45, 2.75) is 66.0 Å². The molecule has 18 heavy (non-hydrogen) atoms. The van der Waals surface area contributed by atoms with Crippen LogP contribution in [0.2, 0.25) is 0 Å². The van der Waals surface area contributed by atoms with Gasteiger partial charge in [-0.1, -0.05) is 20.8 Å². The molecular formula is C15H26N2O. The topological polar surface area (TPSA) is 38.1 Å². The van der Waals surface area contributed by atoms with E-state index in [2.05, 4.69) is 31.1 Å². The quantitative estimate of drug-likeness (QED) is 0.889. The van der Waals surface area contributed by atoms with E-state index in [4.69, 9.17) is 4.42 Å². The molecular weight excluding hydrogens is 224 g/mol. The SMILES string of the molecule is Cc1cnc(CNC2CCC(C(C)(C)C)CC2)o1. The molecule has 1 heterocycles. The number of oxazole rings is 1. The predicted octanol–water partition coefficient (Wildman–Crippen LogP) is 3.68. The average Bonchev–Trinajstić information content (AvgIpc) is 2.72. The molecule has 0 amide bonds. The van der Waals surface area contributed by atoms with Crippen LogP contribution >= 0.6 is 0 Å². The molecule has 0 saturated heterocycles. The number of nitrogens with one attached hydrogen (secondary N) is 1. The fourth-order valence-electron chi connectivity index (χ4n) is 2.88. The molecule has 1 N–H and O–H groups in total. The standard InChI is InChI=1S/C15H26N2O/c1-11-9-17-14(18-11)10-16-13-7-5-12(6-8-13)15(2,3)4/h9,12-13,16H,5-8,10H2,1-4H3. The van der Waals surface area contributed by atoms with Gasteiger partial charge in [0.2, 0.25) is 5.89 Å². The summed E-state index contributed by atoms with van der Waals surface area (Å²) in [5.74, 6) is 2.58. The molecule has 0 atom stereocenters. The van der Waals surface area contributed by atoms with E-state index in [9.17, 15) is 0 Å². The lowest BCUT2D eigenvalue weighted by molar-refractivity contribution is 0.159. The van der Waals surface area contributed by atoms with Gasteiger partial charge in [0, 0.05) is 6.04 Å². The number of aromatic nitrogens is 1. The summed E-state index contributed by atoms with van der Waals surface area (Å²) in [6.45, 7) is 9.78. The van der Waals surface area contributed by atoms with Crippen molar-refractivity contribution in [2.24, 2.45) is 11.3 Å². The van der Waals surface area contributed by atoms with Crippen LogP contribution in [0.25, 0.3) is 0 Å². The summed E-state index contributed by atoms with van der Waals surface area (Å²) in [7, 11) is 0. The van der Waals surface area contributed by atoms with Crippen molar-refractivity contribution >= 4 is 0 Å². The fraction of sp³-hybridized carbons (Fsp3) is 0.800. The molecule has 102 valence electrons. The molecule has 1 aromatic rings. The van der Waals surface area contributed by atoms with Gasteiger partial charge in [-0.25, -0.2) is 4.98 Å². The first-order chi connectivity index (χ1) is 8.45. The fourth-order valence-corrected chi connectivity index (χ4v) is 2.88. The van der Waals surface area contributed by atoms with Crippen LogP contribution in [-0.2, 0) is 6.54 Å². The van der Waals surface area contributed by atoms with Crippen LogP contribution < -0.4 is 5.32 Å². The van der Waals surface area contributed by atoms with Crippen LogP contribution in [-0.4, -0.2) is 11.0 Å². The van der Waals surface area contributed by atoms with Crippen LogP contribution in [0.3, 0.4) is 0 Å². The van der Waals surface area contributed by atoms with E-state index in [0.29, 0.717) is 11.5 Å². The van der Waals surface area contributed by atoms with Gasteiger partial charge in [-0.15, -0.1) is 0 Å². The van der Waals surface area contributed by atoms with Gasteiger partial charge in [-0.05, 0) is 43.9 Å². The van der Waals surface area contributed by atoms with Crippen molar-refractivity contribution in [2.75, 3.05) is 0 Å². The Labute approximate surface area is 110 Å². The first kappa shape index (κ1) is 13.6. The summed E-state index contributed by atoms with van der Waals surface area (Å²) < 4.78 is 5.48. The minimum absolute atomic E-state index is 0.463. The van der Waals surface area contributed by atoms with Crippen molar-refractivity contribution < 1.29 is 4.42 Å². The molecule has 0 aromatic carbocycles. The molecule has 1 fully saturated rings. The van der Waals surface area contributed by atoms with E-state index in [-0.39, 0.29) is 0 Å². The molecule has 0 unspecified atom stereocenters. The molecule has 0 radical (unpaired) electrons. The molecule has 1 saturated carbocycles. The van der Waals surface area contributed by atoms with Gasteiger partial charge in [-0.3, -0.25) is 0 Å². The second-order valence-electron chi connectivity index (χ2n) is 6.66. The Kier molecular flexibility index (Phi) is 4.10. The van der Waals surface area contributed by atoms with Gasteiger partial charge in [0.05, 0.1) is 12.7 Å². The van der Waals surface area contributed by atoms with E-state index in [1.165, 1.54) is 25.7 Å². The minimum atomic E-state index is 0.463. The number of aryl methyl sites for hydroxylation is 1. The first-order valence-electron chi connectivity index (χ1n) is 7.10. The van der Waals surface area contributed by atoms with E-state index in [0.717, 1.165) is 24.1 Å². The van der Waals surface area contributed by atoms with Crippen molar-refractivity contribution in [3.63, 3.8) is 0 Å². The van der Waals surface area contributed by atoms with Gasteiger partial charge in [-0.2, -0.15) is 0 Å². The summed E-state index contributed by atoms with van der Waals surface area (Å²) in [6.07, 6.45) is 7.02. The second kappa shape index (κ2) is 5.43. The molecule has 2 rings (SSSR count). The van der Waals surface area contributed by atoms with Gasteiger partial charge >= 0.3 is 0 Å². The Morgan fingerprint density at radius 2 is 1.94 bits per heavy atom. The second-order valence-corrected chi connectivity index (χ2v) is 6.66. The Morgan fingerprint density at radius 3 is 2.44 bits per heavy atom. The van der Waals surface area contributed by atoms with Crippen molar-refractivity contribution in [1.82, 2.24) is 10.3 Å². The third kappa shape index (κ3) is 3.58. The number of rotatable bonds is 3. The zero-order valence-corrected chi connectivity index (χ0v) is 12.1. The van der Waals surface area contributed by atoms with Gasteiger partial charge < -0.3 is 9.73 Å². The summed E-state index contributed by atoms with van der Waals surface area (Å²) in [5, 5.41) is 3.57. The number of hydrogen-bond donors (Lipinski definition) is 1. The molecule has 1 aromatic heterocycles. The van der Waals surface area contributed by atoms with E-state index in [1.807, 2.05) is 6.92 Å². The summed E-state index contributed by atoms with van der Waals surface area (Å²) in [6, 6.07) is 0.635. The van der Waals surface area contributed by atoms with E-state index >= 15 is 0 Å². The Hall–Kier alpha value is -0.830. The maximum absolute atomic E-state index is 5.48. The zero-order valence-electron chi connectivity index (χ0n) is 12.1. The normalized spacial score (nSPS) is 25.3. The zero-order chi connectivity index (χ0) is 13.2. The molecule has 1 aliphatic rings. The molecule has 3 heteroatoms. The van der Waals surface area contributed by atoms with Gasteiger partial charge in [0.25, 0.3) is 0 Å². The van der Waals surface area contributed by atoms with Gasteiger partial charge in [0.15, 0.2) is 0 Å². The minimum Gasteiger partial charge on any atom is -0.445 e. The highest BCUT2D eigenvalue weighted by atomic mass is 16.4. The summed E-state index contributed by atoms with van der Waals surface area (Å²) >= 11 is 0. The highest BCUT2D eigenvalue weighted by molar-refractivity contribution is 4.91. The first-order valence-corrected chi connectivity index (χ1v) is 7.10. The Morgan fingerprint density at radius 1 is 1.28 bits per heavy atom. The molecule has 0 aliphatic heterocycles. The number of nitrogens with zero attached hydrogens (tertiary/aromatic N) is 1. The Bertz CT molecular complexity index is 370. The largest absolute Gasteiger partial charge is 0.445 e. The lowest BCUT2D eigenvalue weighted by Gasteiger charge is -2.37. The molecule has 0 bridgehead atoms. The van der Waals surface area contributed by atoms with E-state index in [1.54, 1.807) is 6.20 Å². The Balaban J connectivity index is 1.74. The lowest BCUT2D eigenvalue weighted by Crippen LogP contribution is -2.35. The monoisotopic (exact) mass is 250 g/mol. The third-order valence-corrected chi connectivity index (χ3v) is 4.16. The van der Waals surface area contributed by atoms with Crippen LogP contribution in [0.4, 0.5) is 0 Å². The van der Waals surface area contributed by atoms with Crippen molar-refractivity contribution in [3.8, 4) is 0 Å². The smallest absolute Gasteiger partial charge is 0.208 e. The number of hydrogen-bond acceptors (Lipinski definition) is 3. The summed E-state index contributed by atoms with van der Waals surface area (Å²) in [5.41, 5.74) is 0.463. The van der Waals surface area contributed by atoms with E-state index < -0.39 is 0 Å². The maximum atomic E-state index is 5.48. The van der Waals surface area contributed by atoms with Crippen LogP contribution in [0.1, 0.15) is 58.1 Å². The predicted molar refractivity (Wildman–Crippen MR) is 73.3 cm³/mol. The highest BCUT2D eigenvalue weighted by Gasteiger charge is 2.29. The molecule has 0 spiro atoms. The van der Waals surface area contributed by atoms with Crippen LogP contribution in [0.15, 0.2) is 10.6 Å². The van der Waals surface area contributed by atoms with Crippen molar-refractivity contribution in [1.29, 1.82) is 0 Å². The third-order valence-electron chi connectivity index (χ3n) is 4.16. The molecule has 3 nitrogen and oxygen atoms in total.